The van der Waals surface area contributed by atoms with E-state index in [4.69, 9.17) is 0 Å². The molecule has 0 bridgehead atoms. The van der Waals surface area contributed by atoms with Crippen LogP contribution in [-0.2, 0) is 11.2 Å². The minimum atomic E-state index is 0. The van der Waals surface area contributed by atoms with Crippen molar-refractivity contribution in [1.82, 2.24) is 15.5 Å². The van der Waals surface area contributed by atoms with Crippen molar-refractivity contribution in [3.63, 3.8) is 0 Å². The summed E-state index contributed by atoms with van der Waals surface area (Å²) in [4.78, 5) is 18.7. The molecule has 0 spiro atoms. The van der Waals surface area contributed by atoms with E-state index in [2.05, 4.69) is 40.1 Å². The molecule has 2 N–H and O–H groups in total. The van der Waals surface area contributed by atoms with Gasteiger partial charge in [-0.15, -0.1) is 35.3 Å². The van der Waals surface area contributed by atoms with E-state index in [1.54, 1.807) is 30.3 Å². The van der Waals surface area contributed by atoms with E-state index in [0.29, 0.717) is 5.96 Å². The lowest BCUT2D eigenvalue weighted by molar-refractivity contribution is -0.127. The lowest BCUT2D eigenvalue weighted by atomic mass is 10.3. The molecule has 5 nitrogen and oxygen atoms in total. The van der Waals surface area contributed by atoms with E-state index in [-0.39, 0.29) is 36.4 Å². The van der Waals surface area contributed by atoms with Gasteiger partial charge in [-0.25, -0.2) is 4.99 Å². The van der Waals surface area contributed by atoms with Crippen LogP contribution >= 0.6 is 35.3 Å². The van der Waals surface area contributed by atoms with Crippen molar-refractivity contribution in [2.24, 2.45) is 4.99 Å². The van der Waals surface area contributed by atoms with Crippen molar-refractivity contribution in [2.45, 2.75) is 19.8 Å². The average Bonchev–Trinajstić information content (AvgIpc) is 2.93. The Kier molecular flexibility index (Phi) is 11.3. The van der Waals surface area contributed by atoms with Gasteiger partial charge in [0, 0.05) is 32.1 Å². The Morgan fingerprint density at radius 1 is 1.33 bits per heavy atom. The fourth-order valence-corrected chi connectivity index (χ4v) is 2.17. The third kappa shape index (κ3) is 8.92. The molecule has 1 rings (SSSR count). The normalized spacial score (nSPS) is 10.7. The zero-order chi connectivity index (χ0) is 14.8. The molecule has 7 heteroatoms. The molecule has 120 valence electrons. The van der Waals surface area contributed by atoms with Crippen molar-refractivity contribution < 1.29 is 4.79 Å². The number of amides is 1. The number of likely N-dealkylation sites (N-methyl/N-ethyl adjacent to an activating group) is 1. The number of hydrogen-bond acceptors (Lipinski definition) is 3. The number of aliphatic imine (C=N–C) groups is 1. The van der Waals surface area contributed by atoms with Gasteiger partial charge >= 0.3 is 0 Å². The Hall–Kier alpha value is -0.830. The molecule has 1 amide bonds. The molecular weight excluding hydrogens is 399 g/mol. The molecule has 0 atom stereocenters. The maximum absolute atomic E-state index is 11.5. The number of rotatable bonds is 7. The van der Waals surface area contributed by atoms with E-state index >= 15 is 0 Å². The van der Waals surface area contributed by atoms with Crippen LogP contribution in [0.4, 0.5) is 0 Å². The summed E-state index contributed by atoms with van der Waals surface area (Å²) in [6, 6.07) is 4.18. The van der Waals surface area contributed by atoms with Gasteiger partial charge in [-0.3, -0.25) is 4.79 Å². The van der Waals surface area contributed by atoms with Crippen molar-refractivity contribution in [1.29, 1.82) is 0 Å². The van der Waals surface area contributed by atoms with E-state index in [1.165, 1.54) is 4.88 Å². The summed E-state index contributed by atoms with van der Waals surface area (Å²) < 4.78 is 0. The maximum atomic E-state index is 11.5. The highest BCUT2D eigenvalue weighted by molar-refractivity contribution is 14.0. The first-order chi connectivity index (χ1) is 9.63. The minimum absolute atomic E-state index is 0. The Labute approximate surface area is 148 Å². The second-order valence-corrected chi connectivity index (χ2v) is 5.67. The van der Waals surface area contributed by atoms with Gasteiger partial charge in [0.05, 0.1) is 0 Å². The minimum Gasteiger partial charge on any atom is -0.356 e. The number of halogens is 1. The molecule has 0 radical (unpaired) electrons. The summed E-state index contributed by atoms with van der Waals surface area (Å²) in [5, 5.41) is 8.56. The third-order valence-electron chi connectivity index (χ3n) is 2.66. The molecular formula is C14H25IN4OS. The molecule has 1 aromatic rings. The highest BCUT2D eigenvalue weighted by Gasteiger charge is 2.04. The SMILES string of the molecule is CCCNC(=NCC(=O)N(C)C)NCCc1cccs1.I. The second-order valence-electron chi connectivity index (χ2n) is 4.64. The van der Waals surface area contributed by atoms with Crippen LogP contribution in [0, 0.1) is 0 Å². The van der Waals surface area contributed by atoms with Gasteiger partial charge in [-0.1, -0.05) is 13.0 Å². The quantitative estimate of drug-likeness (QED) is 0.400. The highest BCUT2D eigenvalue weighted by atomic mass is 127. The zero-order valence-electron chi connectivity index (χ0n) is 12.9. The topological polar surface area (TPSA) is 56.7 Å². The second kappa shape index (κ2) is 11.8. The largest absolute Gasteiger partial charge is 0.356 e. The van der Waals surface area contributed by atoms with E-state index in [0.717, 1.165) is 25.9 Å². The molecule has 0 saturated heterocycles. The Morgan fingerprint density at radius 2 is 2.05 bits per heavy atom. The van der Waals surface area contributed by atoms with Crippen molar-refractivity contribution in [3.8, 4) is 0 Å². The Balaban J connectivity index is 0.00000400. The van der Waals surface area contributed by atoms with Crippen LogP contribution in [0.3, 0.4) is 0 Å². The molecule has 0 aromatic carbocycles. The molecule has 0 unspecified atom stereocenters. The smallest absolute Gasteiger partial charge is 0.243 e. The summed E-state index contributed by atoms with van der Waals surface area (Å²) in [7, 11) is 3.47. The maximum Gasteiger partial charge on any atom is 0.243 e. The predicted octanol–water partition coefficient (Wildman–Crippen LogP) is 1.94. The standard InChI is InChI=1S/C14H24N4OS.HI/c1-4-8-15-14(17-11-13(19)18(2)3)16-9-7-12-6-5-10-20-12;/h5-6,10H,4,7-9,11H2,1-3H3,(H2,15,16,17);1H. The van der Waals surface area contributed by atoms with Gasteiger partial charge in [-0.05, 0) is 24.3 Å². The summed E-state index contributed by atoms with van der Waals surface area (Å²) in [5.41, 5.74) is 0. The fraction of sp³-hybridized carbons (Fsp3) is 0.571. The Bertz CT molecular complexity index is 421. The first-order valence-corrected chi connectivity index (χ1v) is 7.76. The average molecular weight is 424 g/mol. The van der Waals surface area contributed by atoms with E-state index < -0.39 is 0 Å². The highest BCUT2D eigenvalue weighted by Crippen LogP contribution is 2.07. The lowest BCUT2D eigenvalue weighted by Gasteiger charge is -2.13. The number of nitrogens with zero attached hydrogens (tertiary/aromatic N) is 2. The molecule has 1 aromatic heterocycles. The van der Waals surface area contributed by atoms with Gasteiger partial charge in [0.25, 0.3) is 0 Å². The van der Waals surface area contributed by atoms with Crippen LogP contribution in [0.25, 0.3) is 0 Å². The molecule has 0 fully saturated rings. The van der Waals surface area contributed by atoms with Gasteiger partial charge in [0.1, 0.15) is 6.54 Å². The number of carbonyl (C=O) groups excluding carboxylic acids is 1. The third-order valence-corrected chi connectivity index (χ3v) is 3.59. The summed E-state index contributed by atoms with van der Waals surface area (Å²) in [6.07, 6.45) is 1.99. The number of guanidine groups is 1. The first-order valence-electron chi connectivity index (χ1n) is 6.88. The number of nitrogens with one attached hydrogen (secondary N) is 2. The number of carbonyl (C=O) groups is 1. The van der Waals surface area contributed by atoms with Crippen LogP contribution < -0.4 is 10.6 Å². The molecule has 21 heavy (non-hydrogen) atoms. The summed E-state index contributed by atoms with van der Waals surface area (Å²) >= 11 is 1.75. The lowest BCUT2D eigenvalue weighted by Crippen LogP contribution is -2.39. The molecule has 1 heterocycles. The van der Waals surface area contributed by atoms with Gasteiger partial charge in [-0.2, -0.15) is 0 Å². The van der Waals surface area contributed by atoms with Crippen LogP contribution in [-0.4, -0.2) is 50.5 Å². The van der Waals surface area contributed by atoms with E-state index in [9.17, 15) is 4.79 Å². The summed E-state index contributed by atoms with van der Waals surface area (Å²) in [6.45, 7) is 3.93. The molecule has 0 aliphatic carbocycles. The van der Waals surface area contributed by atoms with E-state index in [1.807, 2.05) is 0 Å². The fourth-order valence-electron chi connectivity index (χ4n) is 1.46. The number of thiophene rings is 1. The van der Waals surface area contributed by atoms with Crippen molar-refractivity contribution >= 4 is 47.2 Å². The van der Waals surface area contributed by atoms with Crippen LogP contribution in [0.15, 0.2) is 22.5 Å². The predicted molar refractivity (Wildman–Crippen MR) is 101 cm³/mol. The van der Waals surface area contributed by atoms with Crippen molar-refractivity contribution in [2.75, 3.05) is 33.7 Å². The monoisotopic (exact) mass is 424 g/mol. The first kappa shape index (κ1) is 20.2. The van der Waals surface area contributed by atoms with Crippen LogP contribution in [0.1, 0.15) is 18.2 Å². The van der Waals surface area contributed by atoms with Crippen molar-refractivity contribution in [3.05, 3.63) is 22.4 Å². The zero-order valence-corrected chi connectivity index (χ0v) is 16.0. The number of hydrogen-bond donors (Lipinski definition) is 2. The van der Waals surface area contributed by atoms with Gasteiger partial charge < -0.3 is 15.5 Å². The molecule has 0 aliphatic heterocycles. The van der Waals surface area contributed by atoms with Gasteiger partial charge in [0.15, 0.2) is 5.96 Å². The summed E-state index contributed by atoms with van der Waals surface area (Å²) in [5.74, 6) is 0.708. The molecule has 0 saturated carbocycles. The van der Waals surface area contributed by atoms with Gasteiger partial charge in [0.2, 0.25) is 5.91 Å². The Morgan fingerprint density at radius 3 is 2.62 bits per heavy atom. The van der Waals surface area contributed by atoms with Crippen LogP contribution in [0.5, 0.6) is 0 Å². The molecule has 0 aliphatic rings. The van der Waals surface area contributed by atoms with Crippen LogP contribution in [0.2, 0.25) is 0 Å².